The summed E-state index contributed by atoms with van der Waals surface area (Å²) in [6.07, 6.45) is 1.03. The van der Waals surface area contributed by atoms with E-state index in [4.69, 9.17) is 9.57 Å². The fraction of sp³-hybridized carbons (Fsp3) is 0.417. The van der Waals surface area contributed by atoms with Gasteiger partial charge in [-0.05, 0) is 47.5 Å². The molecule has 1 heterocycles. The van der Waals surface area contributed by atoms with Gasteiger partial charge in [0.05, 0.1) is 6.10 Å². The Kier molecular flexibility index (Phi) is 3.49. The molecule has 0 aliphatic carbocycles. The van der Waals surface area contributed by atoms with E-state index in [1.54, 1.807) is 0 Å². The molecular formula is C12H14BrNO2. The van der Waals surface area contributed by atoms with Crippen LogP contribution in [-0.2, 0) is 4.84 Å². The predicted octanol–water partition coefficient (Wildman–Crippen LogP) is 3.64. The van der Waals surface area contributed by atoms with Crippen LogP contribution in [0.2, 0.25) is 0 Å². The molecule has 0 saturated carbocycles. The van der Waals surface area contributed by atoms with Gasteiger partial charge in [0, 0.05) is 6.42 Å². The van der Waals surface area contributed by atoms with Gasteiger partial charge in [-0.15, -0.1) is 0 Å². The van der Waals surface area contributed by atoms with Gasteiger partial charge >= 0.3 is 0 Å². The molecule has 0 aromatic heterocycles. The highest BCUT2D eigenvalue weighted by atomic mass is 79.9. The Labute approximate surface area is 104 Å². The normalized spacial score (nSPS) is 19.5. The fourth-order valence-corrected chi connectivity index (χ4v) is 1.94. The second-order valence-corrected chi connectivity index (χ2v) is 4.92. The molecule has 16 heavy (non-hydrogen) atoms. The molecule has 1 aromatic rings. The molecule has 1 aromatic carbocycles. The lowest BCUT2D eigenvalue weighted by Gasteiger charge is -2.12. The van der Waals surface area contributed by atoms with Gasteiger partial charge in [-0.3, -0.25) is 0 Å². The van der Waals surface area contributed by atoms with Crippen LogP contribution in [0.4, 0.5) is 0 Å². The van der Waals surface area contributed by atoms with E-state index in [9.17, 15) is 0 Å². The molecule has 1 aliphatic rings. The average Bonchev–Trinajstić information content (AvgIpc) is 2.65. The molecule has 0 N–H and O–H groups in total. The van der Waals surface area contributed by atoms with Crippen molar-refractivity contribution in [2.24, 2.45) is 5.16 Å². The van der Waals surface area contributed by atoms with Gasteiger partial charge in [0.2, 0.25) is 0 Å². The van der Waals surface area contributed by atoms with Crippen molar-refractivity contribution in [3.05, 3.63) is 29.8 Å². The molecule has 0 fully saturated rings. The zero-order valence-corrected chi connectivity index (χ0v) is 10.9. The second kappa shape index (κ2) is 4.87. The average molecular weight is 284 g/mol. The molecule has 1 atom stereocenters. The van der Waals surface area contributed by atoms with E-state index in [0.29, 0.717) is 0 Å². The lowest BCUT2D eigenvalue weighted by atomic mass is 10.1. The Hall–Kier alpha value is -1.03. The smallest absolute Gasteiger partial charge is 0.158 e. The first-order valence-corrected chi connectivity index (χ1v) is 6.09. The molecule has 86 valence electrons. The minimum Gasteiger partial charge on any atom is -0.491 e. The molecule has 1 aliphatic heterocycles. The van der Waals surface area contributed by atoms with Crippen molar-refractivity contribution in [1.82, 2.24) is 0 Å². The Morgan fingerprint density at radius 1 is 1.38 bits per heavy atom. The van der Waals surface area contributed by atoms with Crippen LogP contribution in [0.15, 0.2) is 29.4 Å². The summed E-state index contributed by atoms with van der Waals surface area (Å²) < 4.78 is 6.44. The fourth-order valence-electron chi connectivity index (χ4n) is 1.56. The van der Waals surface area contributed by atoms with Gasteiger partial charge in [-0.25, -0.2) is 0 Å². The van der Waals surface area contributed by atoms with Crippen LogP contribution >= 0.6 is 15.9 Å². The summed E-state index contributed by atoms with van der Waals surface area (Å²) in [6.45, 7) is 4.03. The van der Waals surface area contributed by atoms with Crippen LogP contribution in [-0.4, -0.2) is 10.7 Å². The monoisotopic (exact) mass is 283 g/mol. The van der Waals surface area contributed by atoms with Crippen molar-refractivity contribution in [2.75, 3.05) is 0 Å². The van der Waals surface area contributed by atoms with Gasteiger partial charge < -0.3 is 9.57 Å². The standard InChI is InChI=1S/C12H14BrNO2/c1-8(2)15-10-5-3-9(4-6-10)11-7-12(13)14-16-11/h3-6,8,11H,7H2,1-2H3/t11-/m0/s1. The third-order valence-corrected chi connectivity index (χ3v) is 2.73. The van der Waals surface area contributed by atoms with E-state index in [1.165, 1.54) is 0 Å². The maximum absolute atomic E-state index is 5.57. The number of hydrogen-bond donors (Lipinski definition) is 0. The van der Waals surface area contributed by atoms with Crippen LogP contribution < -0.4 is 4.74 Å². The lowest BCUT2D eigenvalue weighted by Crippen LogP contribution is -2.05. The highest BCUT2D eigenvalue weighted by molar-refractivity contribution is 9.18. The first-order chi connectivity index (χ1) is 7.65. The van der Waals surface area contributed by atoms with Gasteiger partial charge in [0.1, 0.15) is 10.4 Å². The molecule has 0 saturated heterocycles. The number of nitrogens with zero attached hydrogens (tertiary/aromatic N) is 1. The Balaban J connectivity index is 2.02. The summed E-state index contributed by atoms with van der Waals surface area (Å²) in [5.74, 6) is 0.886. The molecular weight excluding hydrogens is 270 g/mol. The number of oxime groups is 1. The van der Waals surface area contributed by atoms with Crippen LogP contribution in [0.1, 0.15) is 31.9 Å². The van der Waals surface area contributed by atoms with Crippen LogP contribution in [0.25, 0.3) is 0 Å². The number of rotatable bonds is 3. The van der Waals surface area contributed by atoms with Crippen molar-refractivity contribution >= 4 is 20.6 Å². The Bertz CT molecular complexity index is 387. The van der Waals surface area contributed by atoms with E-state index in [-0.39, 0.29) is 12.2 Å². The van der Waals surface area contributed by atoms with Gasteiger partial charge in [-0.1, -0.05) is 17.3 Å². The van der Waals surface area contributed by atoms with Gasteiger partial charge in [0.15, 0.2) is 6.10 Å². The molecule has 0 unspecified atom stereocenters. The number of ether oxygens (including phenoxy) is 1. The molecule has 3 nitrogen and oxygen atoms in total. The van der Waals surface area contributed by atoms with Crippen molar-refractivity contribution in [3.63, 3.8) is 0 Å². The van der Waals surface area contributed by atoms with E-state index in [1.807, 2.05) is 38.1 Å². The van der Waals surface area contributed by atoms with Crippen molar-refractivity contribution in [2.45, 2.75) is 32.5 Å². The number of halogens is 1. The first kappa shape index (κ1) is 11.5. The molecule has 0 bridgehead atoms. The molecule has 0 spiro atoms. The summed E-state index contributed by atoms with van der Waals surface area (Å²) in [6, 6.07) is 7.96. The van der Waals surface area contributed by atoms with Gasteiger partial charge in [0.25, 0.3) is 0 Å². The highest BCUT2D eigenvalue weighted by Gasteiger charge is 2.20. The maximum atomic E-state index is 5.57. The molecule has 0 amide bonds. The van der Waals surface area contributed by atoms with E-state index in [2.05, 4.69) is 21.1 Å². The highest BCUT2D eigenvalue weighted by Crippen LogP contribution is 2.30. The van der Waals surface area contributed by atoms with Crippen LogP contribution in [0.3, 0.4) is 0 Å². The number of benzene rings is 1. The SMILES string of the molecule is CC(C)Oc1ccc([C@@H]2CC(Br)=NO2)cc1. The van der Waals surface area contributed by atoms with Crippen molar-refractivity contribution in [1.29, 1.82) is 0 Å². The quantitative estimate of drug-likeness (QED) is 0.848. The van der Waals surface area contributed by atoms with Crippen molar-refractivity contribution in [3.8, 4) is 5.75 Å². The Morgan fingerprint density at radius 3 is 2.56 bits per heavy atom. The zero-order chi connectivity index (χ0) is 11.5. The molecule has 0 radical (unpaired) electrons. The topological polar surface area (TPSA) is 30.8 Å². The van der Waals surface area contributed by atoms with Crippen LogP contribution in [0, 0.1) is 0 Å². The summed E-state index contributed by atoms with van der Waals surface area (Å²) in [5, 5.41) is 3.87. The van der Waals surface area contributed by atoms with Gasteiger partial charge in [-0.2, -0.15) is 0 Å². The minimum atomic E-state index is 0.0301. The minimum absolute atomic E-state index is 0.0301. The van der Waals surface area contributed by atoms with E-state index < -0.39 is 0 Å². The third kappa shape index (κ3) is 2.76. The lowest BCUT2D eigenvalue weighted by molar-refractivity contribution is 0.0857. The number of hydrogen-bond acceptors (Lipinski definition) is 3. The Morgan fingerprint density at radius 2 is 2.06 bits per heavy atom. The summed E-state index contributed by atoms with van der Waals surface area (Å²) in [7, 11) is 0. The van der Waals surface area contributed by atoms with Crippen LogP contribution in [0.5, 0.6) is 5.75 Å². The maximum Gasteiger partial charge on any atom is 0.158 e. The second-order valence-electron chi connectivity index (χ2n) is 4.00. The third-order valence-electron chi connectivity index (χ3n) is 2.26. The molecule has 4 heteroatoms. The van der Waals surface area contributed by atoms with Crippen molar-refractivity contribution < 1.29 is 9.57 Å². The zero-order valence-electron chi connectivity index (χ0n) is 9.31. The molecule has 2 rings (SSSR count). The summed E-state index contributed by atoms with van der Waals surface area (Å²) in [4.78, 5) is 5.27. The summed E-state index contributed by atoms with van der Waals surface area (Å²) >= 11 is 3.32. The van der Waals surface area contributed by atoms with E-state index >= 15 is 0 Å². The summed E-state index contributed by atoms with van der Waals surface area (Å²) in [5.41, 5.74) is 1.12. The van der Waals surface area contributed by atoms with E-state index in [0.717, 1.165) is 22.4 Å². The first-order valence-electron chi connectivity index (χ1n) is 5.30. The largest absolute Gasteiger partial charge is 0.491 e. The predicted molar refractivity (Wildman–Crippen MR) is 67.0 cm³/mol.